The van der Waals surface area contributed by atoms with Crippen molar-refractivity contribution in [3.05, 3.63) is 54.1 Å². The number of aromatic nitrogens is 4. The Balaban J connectivity index is 1.96. The zero-order valence-corrected chi connectivity index (χ0v) is 15.3. The Kier molecular flexibility index (Phi) is 3.71. The fourth-order valence-corrected chi connectivity index (χ4v) is 3.72. The van der Waals surface area contributed by atoms with E-state index in [4.69, 9.17) is 10.1 Å². The third kappa shape index (κ3) is 2.56. The van der Waals surface area contributed by atoms with Gasteiger partial charge in [-0.3, -0.25) is 14.6 Å². The van der Waals surface area contributed by atoms with Crippen molar-refractivity contribution in [2.24, 2.45) is 5.41 Å². The first-order chi connectivity index (χ1) is 12.0. The van der Waals surface area contributed by atoms with E-state index in [0.717, 1.165) is 30.0 Å². The van der Waals surface area contributed by atoms with Gasteiger partial charge in [0.15, 0.2) is 0 Å². The third-order valence-electron chi connectivity index (χ3n) is 5.51. The first kappa shape index (κ1) is 16.0. The van der Waals surface area contributed by atoms with Crippen LogP contribution in [-0.2, 0) is 13.0 Å². The van der Waals surface area contributed by atoms with E-state index in [1.165, 1.54) is 16.8 Å². The van der Waals surface area contributed by atoms with Crippen LogP contribution in [-0.4, -0.2) is 19.7 Å². The van der Waals surface area contributed by atoms with Gasteiger partial charge in [0.1, 0.15) is 5.69 Å². The molecule has 0 aliphatic carbocycles. The number of fused-ring (bicyclic) bond motifs is 1. The molecular weight excluding hydrogens is 308 g/mol. The molecule has 0 fully saturated rings. The lowest BCUT2D eigenvalue weighted by Gasteiger charge is -2.23. The highest BCUT2D eigenvalue weighted by molar-refractivity contribution is 5.82. The van der Waals surface area contributed by atoms with Crippen LogP contribution < -0.4 is 0 Å². The molecule has 1 aliphatic heterocycles. The smallest absolute Gasteiger partial charge is 0.119 e. The molecule has 1 atom stereocenters. The lowest BCUT2D eigenvalue weighted by molar-refractivity contribution is 0.301. The maximum Gasteiger partial charge on any atom is 0.119 e. The quantitative estimate of drug-likeness (QED) is 0.697. The first-order valence-corrected chi connectivity index (χ1v) is 8.98. The zero-order valence-electron chi connectivity index (χ0n) is 15.3. The maximum absolute atomic E-state index is 4.99. The van der Waals surface area contributed by atoms with E-state index in [9.17, 15) is 0 Å². The summed E-state index contributed by atoms with van der Waals surface area (Å²) in [7, 11) is 0. The highest BCUT2D eigenvalue weighted by atomic mass is 15.3. The van der Waals surface area contributed by atoms with Crippen molar-refractivity contribution < 1.29 is 0 Å². The summed E-state index contributed by atoms with van der Waals surface area (Å²) in [6, 6.07) is 10.4. The number of nitrogens with zero attached hydrogens (tertiary/aromatic N) is 4. The van der Waals surface area contributed by atoms with Gasteiger partial charge in [-0.2, -0.15) is 5.10 Å². The van der Waals surface area contributed by atoms with Gasteiger partial charge >= 0.3 is 0 Å². The van der Waals surface area contributed by atoms with Gasteiger partial charge in [0, 0.05) is 36.1 Å². The highest BCUT2D eigenvalue weighted by Crippen LogP contribution is 2.49. The predicted molar refractivity (Wildman–Crippen MR) is 100 cm³/mol. The van der Waals surface area contributed by atoms with Gasteiger partial charge in [-0.15, -0.1) is 0 Å². The molecule has 0 bridgehead atoms. The highest BCUT2D eigenvalue weighted by Gasteiger charge is 2.40. The molecular formula is C21H24N4. The summed E-state index contributed by atoms with van der Waals surface area (Å²) in [5.41, 5.74) is 6.94. The molecule has 4 rings (SSSR count). The molecule has 0 saturated heterocycles. The van der Waals surface area contributed by atoms with Crippen molar-refractivity contribution in [3.8, 4) is 22.5 Å². The fourth-order valence-electron chi connectivity index (χ4n) is 3.72. The van der Waals surface area contributed by atoms with E-state index < -0.39 is 0 Å². The average Bonchev–Trinajstić information content (AvgIpc) is 3.09. The van der Waals surface area contributed by atoms with E-state index in [1.807, 2.05) is 12.4 Å². The van der Waals surface area contributed by atoms with Gasteiger partial charge < -0.3 is 0 Å². The van der Waals surface area contributed by atoms with Crippen LogP contribution >= 0.6 is 0 Å². The summed E-state index contributed by atoms with van der Waals surface area (Å²) in [6.07, 6.45) is 4.63. The van der Waals surface area contributed by atoms with Crippen LogP contribution in [0.25, 0.3) is 22.5 Å². The predicted octanol–water partition coefficient (Wildman–Crippen LogP) is 4.71. The van der Waals surface area contributed by atoms with E-state index in [-0.39, 0.29) is 5.41 Å². The standard InChI is InChI=1S/C21H24N4/c1-5-16-7-6-8-17(23-16)19-18(15-9-11-22-12-10-15)20-14(2)21(3,4)13-25(20)24-19/h6-12,14H,5,13H2,1-4H3. The van der Waals surface area contributed by atoms with Crippen molar-refractivity contribution in [2.75, 3.05) is 0 Å². The molecule has 0 spiro atoms. The Hall–Kier alpha value is -2.49. The molecule has 3 aromatic heterocycles. The molecule has 0 amide bonds. The van der Waals surface area contributed by atoms with E-state index in [1.54, 1.807) is 0 Å². The van der Waals surface area contributed by atoms with E-state index in [0.29, 0.717) is 5.92 Å². The normalized spacial score (nSPS) is 18.3. The lowest BCUT2D eigenvalue weighted by Crippen LogP contribution is -2.17. The molecule has 0 N–H and O–H groups in total. The second-order valence-corrected chi connectivity index (χ2v) is 7.58. The second kappa shape index (κ2) is 5.80. The molecule has 0 saturated carbocycles. The SMILES string of the molecule is CCc1cccc(-c2nn3c(c2-c2ccncc2)C(C)C(C)(C)C3)n1. The van der Waals surface area contributed by atoms with Crippen LogP contribution in [0.3, 0.4) is 0 Å². The molecule has 0 radical (unpaired) electrons. The summed E-state index contributed by atoms with van der Waals surface area (Å²) >= 11 is 0. The number of rotatable bonds is 3. The minimum atomic E-state index is 0.210. The van der Waals surface area contributed by atoms with Crippen molar-refractivity contribution in [1.29, 1.82) is 0 Å². The third-order valence-corrected chi connectivity index (χ3v) is 5.51. The molecule has 4 nitrogen and oxygen atoms in total. The number of pyridine rings is 2. The van der Waals surface area contributed by atoms with Crippen LogP contribution in [0.5, 0.6) is 0 Å². The van der Waals surface area contributed by atoms with Crippen molar-refractivity contribution in [3.63, 3.8) is 0 Å². The number of hydrogen-bond donors (Lipinski definition) is 0. The van der Waals surface area contributed by atoms with Crippen LogP contribution in [0, 0.1) is 5.41 Å². The van der Waals surface area contributed by atoms with Crippen molar-refractivity contribution >= 4 is 0 Å². The van der Waals surface area contributed by atoms with Crippen LogP contribution in [0.4, 0.5) is 0 Å². The molecule has 25 heavy (non-hydrogen) atoms. The van der Waals surface area contributed by atoms with Gasteiger partial charge in [-0.05, 0) is 41.7 Å². The molecule has 4 heterocycles. The molecule has 1 unspecified atom stereocenters. The van der Waals surface area contributed by atoms with E-state index >= 15 is 0 Å². The van der Waals surface area contributed by atoms with E-state index in [2.05, 4.69) is 67.7 Å². The van der Waals surface area contributed by atoms with Crippen LogP contribution in [0.15, 0.2) is 42.7 Å². The topological polar surface area (TPSA) is 43.6 Å². The molecule has 0 aromatic carbocycles. The first-order valence-electron chi connectivity index (χ1n) is 8.98. The summed E-state index contributed by atoms with van der Waals surface area (Å²) in [5, 5.41) is 4.99. The minimum Gasteiger partial charge on any atom is -0.267 e. The van der Waals surface area contributed by atoms with Gasteiger partial charge in [-0.25, -0.2) is 0 Å². The average molecular weight is 332 g/mol. The largest absolute Gasteiger partial charge is 0.267 e. The van der Waals surface area contributed by atoms with Gasteiger partial charge in [-0.1, -0.05) is 33.8 Å². The van der Waals surface area contributed by atoms with Gasteiger partial charge in [0.25, 0.3) is 0 Å². The molecule has 1 aliphatic rings. The Morgan fingerprint density at radius 3 is 2.64 bits per heavy atom. The van der Waals surface area contributed by atoms with Gasteiger partial charge in [0.2, 0.25) is 0 Å². The second-order valence-electron chi connectivity index (χ2n) is 7.58. The maximum atomic E-state index is 4.99. The molecule has 4 heteroatoms. The van der Waals surface area contributed by atoms with Crippen molar-refractivity contribution in [2.45, 2.75) is 46.6 Å². The number of aryl methyl sites for hydroxylation is 1. The fraction of sp³-hybridized carbons (Fsp3) is 0.381. The number of hydrogen-bond acceptors (Lipinski definition) is 3. The monoisotopic (exact) mass is 332 g/mol. The van der Waals surface area contributed by atoms with Gasteiger partial charge in [0.05, 0.1) is 11.4 Å². The van der Waals surface area contributed by atoms with Crippen LogP contribution in [0.2, 0.25) is 0 Å². The Bertz CT molecular complexity index is 909. The van der Waals surface area contributed by atoms with Crippen LogP contribution in [0.1, 0.15) is 45.0 Å². The summed E-state index contributed by atoms with van der Waals surface area (Å²) in [6.45, 7) is 10.0. The Morgan fingerprint density at radius 2 is 1.92 bits per heavy atom. The summed E-state index contributed by atoms with van der Waals surface area (Å²) in [5.74, 6) is 0.436. The molecule has 128 valence electrons. The minimum absolute atomic E-state index is 0.210. The Morgan fingerprint density at radius 1 is 1.16 bits per heavy atom. The zero-order chi connectivity index (χ0) is 17.6. The summed E-state index contributed by atoms with van der Waals surface area (Å²) < 4.78 is 2.19. The lowest BCUT2D eigenvalue weighted by atomic mass is 9.79. The van der Waals surface area contributed by atoms with Crippen molar-refractivity contribution in [1.82, 2.24) is 19.7 Å². The Labute approximate surface area is 149 Å². The summed E-state index contributed by atoms with van der Waals surface area (Å²) in [4.78, 5) is 9.01. The molecule has 3 aromatic rings.